The topological polar surface area (TPSA) is 98.6 Å². The molecule has 0 bridgehead atoms. The molecule has 6 heteroatoms. The van der Waals surface area contributed by atoms with Crippen molar-refractivity contribution in [3.8, 4) is 16.9 Å². The Bertz CT molecular complexity index is 1290. The fourth-order valence-corrected chi connectivity index (χ4v) is 3.98. The van der Waals surface area contributed by atoms with E-state index in [-0.39, 0.29) is 12.4 Å². The van der Waals surface area contributed by atoms with Gasteiger partial charge in [-0.15, -0.1) is 0 Å². The first-order chi connectivity index (χ1) is 15.9. The Labute approximate surface area is 193 Å². The van der Waals surface area contributed by atoms with E-state index in [4.69, 9.17) is 25.0 Å². The standard InChI is InChI=1S/C27H28N2O4/c1-16(2)10-24-22(13-28)26(19-6-4-17(3)5-7-19)21-12-20(8-9-23(21)29-24)32-14-18-11-25(27(30)31)33-15-18/h4-9,11-12,15-16H,10,13-14,28H2,1-3H3,(H,30,31). The lowest BCUT2D eigenvalue weighted by atomic mass is 9.91. The number of rotatable bonds is 8. The highest BCUT2D eigenvalue weighted by Gasteiger charge is 2.17. The quantitative estimate of drug-likeness (QED) is 0.360. The van der Waals surface area contributed by atoms with Crippen molar-refractivity contribution >= 4 is 16.9 Å². The third-order valence-corrected chi connectivity index (χ3v) is 5.56. The molecule has 0 aliphatic carbocycles. The van der Waals surface area contributed by atoms with Crippen LogP contribution in [0.4, 0.5) is 0 Å². The van der Waals surface area contributed by atoms with Crippen LogP contribution in [-0.2, 0) is 19.6 Å². The number of fused-ring (bicyclic) bond motifs is 1. The molecule has 3 N–H and O–H groups in total. The molecule has 170 valence electrons. The predicted molar refractivity (Wildman–Crippen MR) is 128 cm³/mol. The minimum atomic E-state index is -1.10. The Hall–Kier alpha value is -3.64. The number of ether oxygens (including phenoxy) is 1. The van der Waals surface area contributed by atoms with Crippen LogP contribution in [0.1, 0.15) is 46.8 Å². The van der Waals surface area contributed by atoms with Gasteiger partial charge in [-0.3, -0.25) is 4.98 Å². The molecule has 2 aromatic heterocycles. The first kappa shape index (κ1) is 22.6. The fraction of sp³-hybridized carbons (Fsp3) is 0.259. The Morgan fingerprint density at radius 3 is 2.55 bits per heavy atom. The molecule has 6 nitrogen and oxygen atoms in total. The summed E-state index contributed by atoms with van der Waals surface area (Å²) in [6.45, 7) is 7.03. The van der Waals surface area contributed by atoms with Gasteiger partial charge in [-0.05, 0) is 60.2 Å². The molecule has 0 atom stereocenters. The van der Waals surface area contributed by atoms with Gasteiger partial charge in [0.15, 0.2) is 0 Å². The Morgan fingerprint density at radius 1 is 1.15 bits per heavy atom. The van der Waals surface area contributed by atoms with Gasteiger partial charge in [-0.25, -0.2) is 4.79 Å². The molecular formula is C27H28N2O4. The van der Waals surface area contributed by atoms with Crippen molar-refractivity contribution in [3.63, 3.8) is 0 Å². The van der Waals surface area contributed by atoms with Crippen molar-refractivity contribution in [3.05, 3.63) is 82.9 Å². The van der Waals surface area contributed by atoms with Crippen molar-refractivity contribution in [2.24, 2.45) is 11.7 Å². The molecule has 0 amide bonds. The zero-order chi connectivity index (χ0) is 23.5. The van der Waals surface area contributed by atoms with Crippen LogP contribution < -0.4 is 10.5 Å². The molecule has 4 rings (SSSR count). The average Bonchev–Trinajstić information content (AvgIpc) is 3.27. The lowest BCUT2D eigenvalue weighted by Crippen LogP contribution is -2.10. The molecule has 0 fully saturated rings. The van der Waals surface area contributed by atoms with Crippen LogP contribution in [0, 0.1) is 12.8 Å². The molecule has 33 heavy (non-hydrogen) atoms. The summed E-state index contributed by atoms with van der Waals surface area (Å²) in [6, 6.07) is 15.7. The lowest BCUT2D eigenvalue weighted by molar-refractivity contribution is 0.0662. The van der Waals surface area contributed by atoms with Crippen LogP contribution in [0.5, 0.6) is 5.75 Å². The van der Waals surface area contributed by atoms with Crippen molar-refractivity contribution in [2.45, 2.75) is 40.3 Å². The van der Waals surface area contributed by atoms with E-state index < -0.39 is 5.97 Å². The highest BCUT2D eigenvalue weighted by molar-refractivity contribution is 5.97. The van der Waals surface area contributed by atoms with E-state index in [1.807, 2.05) is 18.2 Å². The van der Waals surface area contributed by atoms with Crippen molar-refractivity contribution in [2.75, 3.05) is 0 Å². The molecule has 0 aliphatic heterocycles. The lowest BCUT2D eigenvalue weighted by Gasteiger charge is -2.18. The zero-order valence-corrected chi connectivity index (χ0v) is 19.1. The van der Waals surface area contributed by atoms with Gasteiger partial charge in [0.05, 0.1) is 11.8 Å². The Kier molecular flexibility index (Phi) is 6.47. The molecule has 0 radical (unpaired) electrons. The highest BCUT2D eigenvalue weighted by Crippen LogP contribution is 2.36. The predicted octanol–water partition coefficient (Wildman–Crippen LogP) is 5.74. The molecule has 0 aliphatic rings. The number of nitrogens with zero attached hydrogens (tertiary/aromatic N) is 1. The van der Waals surface area contributed by atoms with Crippen molar-refractivity contribution in [1.29, 1.82) is 0 Å². The summed E-state index contributed by atoms with van der Waals surface area (Å²) in [5.41, 5.74) is 13.3. The van der Waals surface area contributed by atoms with Crippen LogP contribution in [0.15, 0.2) is 59.2 Å². The fourth-order valence-electron chi connectivity index (χ4n) is 3.98. The maximum atomic E-state index is 11.0. The van der Waals surface area contributed by atoms with Gasteiger partial charge in [-0.1, -0.05) is 43.7 Å². The summed E-state index contributed by atoms with van der Waals surface area (Å²) in [5, 5.41) is 10.0. The number of aromatic carboxylic acids is 1. The van der Waals surface area contributed by atoms with Crippen molar-refractivity contribution < 1.29 is 19.1 Å². The second-order valence-corrected chi connectivity index (χ2v) is 8.67. The monoisotopic (exact) mass is 444 g/mol. The largest absolute Gasteiger partial charge is 0.489 e. The van der Waals surface area contributed by atoms with Crippen LogP contribution in [0.25, 0.3) is 22.0 Å². The SMILES string of the molecule is Cc1ccc(-c2c(CN)c(CC(C)C)nc3ccc(OCc4coc(C(=O)O)c4)cc23)cc1. The van der Waals surface area contributed by atoms with E-state index in [9.17, 15) is 4.79 Å². The zero-order valence-electron chi connectivity index (χ0n) is 19.1. The first-order valence-electron chi connectivity index (χ1n) is 11.0. The second-order valence-electron chi connectivity index (χ2n) is 8.67. The number of benzene rings is 2. The summed E-state index contributed by atoms with van der Waals surface area (Å²) < 4.78 is 11.0. The molecule has 0 saturated heterocycles. The van der Waals surface area contributed by atoms with Gasteiger partial charge in [-0.2, -0.15) is 0 Å². The number of pyridine rings is 1. The number of hydrogen-bond acceptors (Lipinski definition) is 5. The van der Waals surface area contributed by atoms with E-state index in [2.05, 4.69) is 45.0 Å². The van der Waals surface area contributed by atoms with E-state index in [0.29, 0.717) is 23.8 Å². The number of hydrogen-bond donors (Lipinski definition) is 2. The van der Waals surface area contributed by atoms with Gasteiger partial charge in [0.1, 0.15) is 12.4 Å². The van der Waals surface area contributed by atoms with Crippen LogP contribution >= 0.6 is 0 Å². The Morgan fingerprint density at radius 2 is 1.91 bits per heavy atom. The number of furan rings is 1. The summed E-state index contributed by atoms with van der Waals surface area (Å²) >= 11 is 0. The number of aryl methyl sites for hydroxylation is 1. The van der Waals surface area contributed by atoms with Gasteiger partial charge < -0.3 is 20.0 Å². The summed E-state index contributed by atoms with van der Waals surface area (Å²) in [4.78, 5) is 16.0. The minimum absolute atomic E-state index is 0.108. The smallest absolute Gasteiger partial charge is 0.371 e. The van der Waals surface area contributed by atoms with Crippen molar-refractivity contribution in [1.82, 2.24) is 4.98 Å². The first-order valence-corrected chi connectivity index (χ1v) is 11.0. The molecule has 2 heterocycles. The maximum Gasteiger partial charge on any atom is 0.371 e. The number of aromatic nitrogens is 1. The van der Waals surface area contributed by atoms with E-state index in [1.54, 1.807) is 0 Å². The van der Waals surface area contributed by atoms with Crippen LogP contribution in [-0.4, -0.2) is 16.1 Å². The normalized spacial score (nSPS) is 11.3. The number of carboxylic acids is 1. The minimum Gasteiger partial charge on any atom is -0.489 e. The number of carbonyl (C=O) groups is 1. The molecule has 0 unspecified atom stereocenters. The van der Waals surface area contributed by atoms with Crippen LogP contribution in [0.2, 0.25) is 0 Å². The summed E-state index contributed by atoms with van der Waals surface area (Å²) in [5.74, 6) is -0.0924. The summed E-state index contributed by atoms with van der Waals surface area (Å²) in [7, 11) is 0. The van der Waals surface area contributed by atoms with E-state index >= 15 is 0 Å². The average molecular weight is 445 g/mol. The van der Waals surface area contributed by atoms with E-state index in [1.165, 1.54) is 17.9 Å². The number of nitrogens with two attached hydrogens (primary N) is 1. The maximum absolute atomic E-state index is 11.0. The second kappa shape index (κ2) is 9.46. The van der Waals surface area contributed by atoms with Gasteiger partial charge >= 0.3 is 5.97 Å². The summed E-state index contributed by atoms with van der Waals surface area (Å²) in [6.07, 6.45) is 2.25. The molecule has 0 spiro atoms. The Balaban J connectivity index is 1.78. The molecule has 0 saturated carbocycles. The van der Waals surface area contributed by atoms with Gasteiger partial charge in [0.2, 0.25) is 5.76 Å². The van der Waals surface area contributed by atoms with Gasteiger partial charge in [0.25, 0.3) is 0 Å². The van der Waals surface area contributed by atoms with Gasteiger partial charge in [0, 0.05) is 23.2 Å². The molecular weight excluding hydrogens is 416 g/mol. The number of carboxylic acid groups (broad SMARTS) is 1. The highest BCUT2D eigenvalue weighted by atomic mass is 16.5. The van der Waals surface area contributed by atoms with Crippen LogP contribution in [0.3, 0.4) is 0 Å². The third kappa shape index (κ3) is 4.91. The van der Waals surface area contributed by atoms with E-state index in [0.717, 1.165) is 39.7 Å². The molecule has 2 aromatic carbocycles. The third-order valence-electron chi connectivity index (χ3n) is 5.56. The molecule has 4 aromatic rings.